The molecule has 2 aromatic carbocycles. The van der Waals surface area contributed by atoms with Gasteiger partial charge in [-0.05, 0) is 65.4 Å². The highest BCUT2D eigenvalue weighted by Gasteiger charge is 2.19. The van der Waals surface area contributed by atoms with Crippen LogP contribution in [-0.2, 0) is 0 Å². The third-order valence-electron chi connectivity index (χ3n) is 2.78. The van der Waals surface area contributed by atoms with Gasteiger partial charge in [0.25, 0.3) is 0 Å². The molecule has 1 atom stereocenters. The van der Waals surface area contributed by atoms with Crippen molar-refractivity contribution in [3.05, 3.63) is 61.4 Å². The van der Waals surface area contributed by atoms with Gasteiger partial charge >= 0.3 is 0 Å². The number of hydrogen-bond acceptors (Lipinski definition) is 1. The minimum absolute atomic E-state index is 0.263. The molecular weight excluding hydrogens is 457 g/mol. The van der Waals surface area contributed by atoms with Crippen molar-refractivity contribution in [3.63, 3.8) is 0 Å². The molecule has 2 rings (SSSR count). The van der Waals surface area contributed by atoms with Gasteiger partial charge in [0.2, 0.25) is 0 Å². The van der Waals surface area contributed by atoms with Crippen molar-refractivity contribution < 1.29 is 9.13 Å². The van der Waals surface area contributed by atoms with Crippen LogP contribution in [-0.4, -0.2) is 6.61 Å². The molecule has 0 fully saturated rings. The number of ether oxygens (including phenoxy) is 1. The molecule has 0 radical (unpaired) electrons. The number of alkyl halides is 1. The van der Waals surface area contributed by atoms with Crippen LogP contribution in [0.4, 0.5) is 4.39 Å². The van der Waals surface area contributed by atoms with Crippen molar-refractivity contribution in [1.29, 1.82) is 0 Å². The van der Waals surface area contributed by atoms with Gasteiger partial charge < -0.3 is 4.74 Å². The molecule has 5 heteroatoms. The van der Waals surface area contributed by atoms with E-state index >= 15 is 0 Å². The number of hydrogen-bond donors (Lipinski definition) is 0. The highest BCUT2D eigenvalue weighted by molar-refractivity contribution is 14.1. The molecule has 1 unspecified atom stereocenters. The van der Waals surface area contributed by atoms with Crippen molar-refractivity contribution in [2.45, 2.75) is 12.3 Å². The summed E-state index contributed by atoms with van der Waals surface area (Å²) < 4.78 is 20.5. The highest BCUT2D eigenvalue weighted by atomic mass is 127. The molecule has 0 aliphatic carbocycles. The van der Waals surface area contributed by atoms with E-state index in [2.05, 4.69) is 38.5 Å². The zero-order valence-electron chi connectivity index (χ0n) is 10.7. The van der Waals surface area contributed by atoms with E-state index < -0.39 is 0 Å². The highest BCUT2D eigenvalue weighted by Crippen LogP contribution is 2.38. The number of benzene rings is 2. The maximum Gasteiger partial charge on any atom is 0.124 e. The summed E-state index contributed by atoms with van der Waals surface area (Å²) in [7, 11) is 0. The van der Waals surface area contributed by atoms with Gasteiger partial charge in [-0.3, -0.25) is 0 Å². The molecule has 20 heavy (non-hydrogen) atoms. The summed E-state index contributed by atoms with van der Waals surface area (Å²) in [4.78, 5) is 0. The van der Waals surface area contributed by atoms with E-state index in [1.807, 2.05) is 25.1 Å². The van der Waals surface area contributed by atoms with Crippen LogP contribution < -0.4 is 4.74 Å². The van der Waals surface area contributed by atoms with Crippen LogP contribution in [0.5, 0.6) is 5.75 Å². The van der Waals surface area contributed by atoms with Crippen molar-refractivity contribution in [2.75, 3.05) is 6.61 Å². The van der Waals surface area contributed by atoms with Crippen LogP contribution in [0.25, 0.3) is 0 Å². The van der Waals surface area contributed by atoms with Gasteiger partial charge in [0.05, 0.1) is 12.0 Å². The van der Waals surface area contributed by atoms with Crippen LogP contribution in [0, 0.1) is 9.39 Å². The summed E-state index contributed by atoms with van der Waals surface area (Å²) in [6.45, 7) is 2.50. The van der Waals surface area contributed by atoms with Gasteiger partial charge in [-0.15, -0.1) is 11.6 Å². The summed E-state index contributed by atoms with van der Waals surface area (Å²) in [6, 6.07) is 10.3. The second-order valence-electron chi connectivity index (χ2n) is 4.14. The third-order valence-corrected chi connectivity index (χ3v) is 4.68. The first kappa shape index (κ1) is 16.0. The first-order valence-corrected chi connectivity index (χ1v) is 8.35. The van der Waals surface area contributed by atoms with E-state index in [9.17, 15) is 4.39 Å². The molecular formula is C15H12BrClFIO. The molecule has 1 nitrogen and oxygen atoms in total. The predicted molar refractivity (Wildman–Crippen MR) is 92.1 cm³/mol. The summed E-state index contributed by atoms with van der Waals surface area (Å²) in [5, 5.41) is -0.387. The summed E-state index contributed by atoms with van der Waals surface area (Å²) in [6.07, 6.45) is 0. The molecule has 106 valence electrons. The number of rotatable bonds is 4. The Hall–Kier alpha value is -0.330. The number of halogens is 4. The first-order chi connectivity index (χ1) is 9.52. The van der Waals surface area contributed by atoms with Crippen LogP contribution in [0.2, 0.25) is 0 Å². The maximum atomic E-state index is 13.2. The molecule has 0 aromatic heterocycles. The van der Waals surface area contributed by atoms with Crippen LogP contribution >= 0.6 is 50.1 Å². The average Bonchev–Trinajstić information content (AvgIpc) is 2.40. The van der Waals surface area contributed by atoms with Crippen LogP contribution in [0.3, 0.4) is 0 Å². The zero-order chi connectivity index (χ0) is 14.7. The summed E-state index contributed by atoms with van der Waals surface area (Å²) >= 11 is 12.1. The Morgan fingerprint density at radius 2 is 2.00 bits per heavy atom. The fourth-order valence-corrected chi connectivity index (χ4v) is 3.59. The third kappa shape index (κ3) is 3.65. The minimum atomic E-state index is -0.387. The average molecular weight is 470 g/mol. The summed E-state index contributed by atoms with van der Waals surface area (Å²) in [5.41, 5.74) is 1.74. The van der Waals surface area contributed by atoms with Gasteiger partial charge in [-0.1, -0.05) is 22.0 Å². The van der Waals surface area contributed by atoms with Gasteiger partial charge in [0.1, 0.15) is 11.6 Å². The molecule has 0 saturated carbocycles. The lowest BCUT2D eigenvalue weighted by Gasteiger charge is -2.17. The molecule has 0 saturated heterocycles. The SMILES string of the molecule is CCOc1ccc(Br)cc1C(Cl)c1ccc(F)cc1I. The lowest BCUT2D eigenvalue weighted by Crippen LogP contribution is -2.02. The maximum absolute atomic E-state index is 13.2. The second-order valence-corrected chi connectivity index (χ2v) is 6.66. The smallest absolute Gasteiger partial charge is 0.124 e. The molecule has 0 aliphatic rings. The monoisotopic (exact) mass is 468 g/mol. The molecule has 0 spiro atoms. The van der Waals surface area contributed by atoms with E-state index in [1.165, 1.54) is 12.1 Å². The molecule has 0 bridgehead atoms. The Morgan fingerprint density at radius 1 is 1.25 bits per heavy atom. The Morgan fingerprint density at radius 3 is 2.65 bits per heavy atom. The van der Waals surface area contributed by atoms with Gasteiger partial charge in [0.15, 0.2) is 0 Å². The predicted octanol–water partition coefficient (Wildman–Crippen LogP) is 5.92. The standard InChI is InChI=1S/C15H12BrClFIO/c1-2-20-14-6-3-9(16)7-12(14)15(17)11-5-4-10(18)8-13(11)19/h3-8,15H,2H2,1H3. The molecule has 0 amide bonds. The largest absolute Gasteiger partial charge is 0.494 e. The van der Waals surface area contributed by atoms with Crippen molar-refractivity contribution in [1.82, 2.24) is 0 Å². The van der Waals surface area contributed by atoms with Crippen molar-refractivity contribution in [2.24, 2.45) is 0 Å². The Bertz CT molecular complexity index is 621. The minimum Gasteiger partial charge on any atom is -0.494 e. The molecule has 2 aromatic rings. The van der Waals surface area contributed by atoms with E-state index in [4.69, 9.17) is 16.3 Å². The lowest BCUT2D eigenvalue weighted by molar-refractivity contribution is 0.337. The Balaban J connectivity index is 2.46. The fraction of sp³-hybridized carbons (Fsp3) is 0.200. The quantitative estimate of drug-likeness (QED) is 0.399. The fourth-order valence-electron chi connectivity index (χ4n) is 1.88. The summed E-state index contributed by atoms with van der Waals surface area (Å²) in [5.74, 6) is 0.483. The molecule has 0 aliphatic heterocycles. The second kappa shape index (κ2) is 7.09. The Labute approximate surface area is 144 Å². The van der Waals surface area contributed by atoms with E-state index in [-0.39, 0.29) is 11.2 Å². The van der Waals surface area contributed by atoms with Crippen LogP contribution in [0.15, 0.2) is 40.9 Å². The lowest BCUT2D eigenvalue weighted by atomic mass is 10.0. The Kier molecular flexibility index (Phi) is 5.69. The van der Waals surface area contributed by atoms with Crippen LogP contribution in [0.1, 0.15) is 23.4 Å². The molecule has 0 heterocycles. The first-order valence-electron chi connectivity index (χ1n) is 6.04. The van der Waals surface area contributed by atoms with Crippen molar-refractivity contribution >= 4 is 50.1 Å². The van der Waals surface area contributed by atoms with E-state index in [0.29, 0.717) is 6.61 Å². The van der Waals surface area contributed by atoms with Gasteiger partial charge in [0, 0.05) is 13.6 Å². The van der Waals surface area contributed by atoms with Gasteiger partial charge in [-0.2, -0.15) is 0 Å². The van der Waals surface area contributed by atoms with E-state index in [1.54, 1.807) is 6.07 Å². The normalized spacial score (nSPS) is 12.2. The van der Waals surface area contributed by atoms with Crippen molar-refractivity contribution in [3.8, 4) is 5.75 Å². The van der Waals surface area contributed by atoms with E-state index in [0.717, 1.165) is 24.9 Å². The zero-order valence-corrected chi connectivity index (χ0v) is 15.2. The topological polar surface area (TPSA) is 9.23 Å². The molecule has 0 N–H and O–H groups in total. The van der Waals surface area contributed by atoms with Gasteiger partial charge in [-0.25, -0.2) is 4.39 Å².